The molecule has 0 aliphatic heterocycles. The Labute approximate surface area is 113 Å². The SMILES string of the molecule is C/C(=N\NC(=O)c1ccccc1Br)c1ccc[nH]1. The van der Waals surface area contributed by atoms with Gasteiger partial charge in [0.25, 0.3) is 5.91 Å². The Morgan fingerprint density at radius 3 is 2.72 bits per heavy atom. The summed E-state index contributed by atoms with van der Waals surface area (Å²) in [5.41, 5.74) is 4.68. The molecule has 0 aliphatic carbocycles. The molecule has 0 fully saturated rings. The van der Waals surface area contributed by atoms with Gasteiger partial charge in [-0.1, -0.05) is 12.1 Å². The van der Waals surface area contributed by atoms with E-state index in [1.807, 2.05) is 37.4 Å². The van der Waals surface area contributed by atoms with Crippen molar-refractivity contribution in [3.8, 4) is 0 Å². The van der Waals surface area contributed by atoms with Crippen molar-refractivity contribution in [1.82, 2.24) is 10.4 Å². The number of rotatable bonds is 3. The van der Waals surface area contributed by atoms with Crippen LogP contribution in [-0.4, -0.2) is 16.6 Å². The van der Waals surface area contributed by atoms with Gasteiger partial charge in [0.2, 0.25) is 0 Å². The van der Waals surface area contributed by atoms with Crippen LogP contribution in [0.15, 0.2) is 52.2 Å². The highest BCUT2D eigenvalue weighted by atomic mass is 79.9. The van der Waals surface area contributed by atoms with Gasteiger partial charge in [0.1, 0.15) is 0 Å². The summed E-state index contributed by atoms with van der Waals surface area (Å²) in [5, 5.41) is 4.05. The number of hydrogen-bond acceptors (Lipinski definition) is 2. The normalized spacial score (nSPS) is 11.3. The van der Waals surface area contributed by atoms with Crippen molar-refractivity contribution >= 4 is 27.5 Å². The van der Waals surface area contributed by atoms with E-state index >= 15 is 0 Å². The summed E-state index contributed by atoms with van der Waals surface area (Å²) >= 11 is 3.33. The summed E-state index contributed by atoms with van der Waals surface area (Å²) in [6.07, 6.45) is 1.81. The minimum atomic E-state index is -0.242. The van der Waals surface area contributed by atoms with Crippen LogP contribution in [0.3, 0.4) is 0 Å². The summed E-state index contributed by atoms with van der Waals surface area (Å²) in [7, 11) is 0. The van der Waals surface area contributed by atoms with E-state index in [2.05, 4.69) is 31.4 Å². The monoisotopic (exact) mass is 305 g/mol. The molecule has 1 aromatic heterocycles. The van der Waals surface area contributed by atoms with Gasteiger partial charge < -0.3 is 4.98 Å². The highest BCUT2D eigenvalue weighted by molar-refractivity contribution is 9.10. The van der Waals surface area contributed by atoms with Crippen LogP contribution in [0.1, 0.15) is 23.0 Å². The number of carbonyl (C=O) groups is 1. The van der Waals surface area contributed by atoms with Crippen LogP contribution in [0.25, 0.3) is 0 Å². The molecule has 0 saturated heterocycles. The second kappa shape index (κ2) is 5.64. The average molecular weight is 306 g/mol. The third-order valence-corrected chi connectivity index (χ3v) is 3.12. The number of amides is 1. The molecule has 1 amide bonds. The molecule has 2 N–H and O–H groups in total. The van der Waals surface area contributed by atoms with Gasteiger partial charge >= 0.3 is 0 Å². The summed E-state index contributed by atoms with van der Waals surface area (Å²) in [4.78, 5) is 14.9. The molecule has 0 aliphatic rings. The first-order chi connectivity index (χ1) is 8.68. The Bertz CT molecular complexity index is 576. The summed E-state index contributed by atoms with van der Waals surface area (Å²) < 4.78 is 0.746. The van der Waals surface area contributed by atoms with Crippen molar-refractivity contribution in [2.24, 2.45) is 5.10 Å². The molecule has 1 aromatic carbocycles. The topological polar surface area (TPSA) is 57.2 Å². The molecule has 2 rings (SSSR count). The van der Waals surface area contributed by atoms with Gasteiger partial charge in [-0.05, 0) is 47.1 Å². The smallest absolute Gasteiger partial charge is 0.272 e. The van der Waals surface area contributed by atoms with Crippen molar-refractivity contribution in [3.05, 3.63) is 58.3 Å². The number of halogens is 1. The number of H-pyrrole nitrogens is 1. The summed E-state index contributed by atoms with van der Waals surface area (Å²) in [6.45, 7) is 1.83. The second-order valence-electron chi connectivity index (χ2n) is 3.70. The number of carbonyl (C=O) groups excluding carboxylic acids is 1. The molecule has 1 heterocycles. The van der Waals surface area contributed by atoms with E-state index in [1.54, 1.807) is 12.1 Å². The lowest BCUT2D eigenvalue weighted by molar-refractivity contribution is 0.0954. The average Bonchev–Trinajstić information content (AvgIpc) is 2.90. The fourth-order valence-corrected chi connectivity index (χ4v) is 1.92. The molecule has 92 valence electrons. The summed E-state index contributed by atoms with van der Waals surface area (Å²) in [6, 6.07) is 11.0. The van der Waals surface area contributed by atoms with E-state index < -0.39 is 0 Å². The van der Waals surface area contributed by atoms with Crippen LogP contribution in [0.5, 0.6) is 0 Å². The van der Waals surface area contributed by atoms with Crippen LogP contribution in [0.2, 0.25) is 0 Å². The molecular formula is C13H12BrN3O. The molecule has 5 heteroatoms. The number of benzene rings is 1. The van der Waals surface area contributed by atoms with Gasteiger partial charge in [-0.2, -0.15) is 5.10 Å². The number of aromatic nitrogens is 1. The first-order valence-corrected chi connectivity index (χ1v) is 6.20. The van der Waals surface area contributed by atoms with E-state index in [0.29, 0.717) is 5.56 Å². The number of aromatic amines is 1. The molecule has 4 nitrogen and oxygen atoms in total. The van der Waals surface area contributed by atoms with Gasteiger partial charge in [-0.15, -0.1) is 0 Å². The van der Waals surface area contributed by atoms with E-state index in [-0.39, 0.29) is 5.91 Å². The van der Waals surface area contributed by atoms with Crippen LogP contribution in [-0.2, 0) is 0 Å². The Morgan fingerprint density at radius 1 is 1.28 bits per heavy atom. The zero-order valence-electron chi connectivity index (χ0n) is 9.77. The molecule has 2 aromatic rings. The van der Waals surface area contributed by atoms with Crippen molar-refractivity contribution in [1.29, 1.82) is 0 Å². The molecule has 0 unspecified atom stereocenters. The highest BCUT2D eigenvalue weighted by Gasteiger charge is 2.08. The van der Waals surface area contributed by atoms with Crippen LogP contribution >= 0.6 is 15.9 Å². The first-order valence-electron chi connectivity index (χ1n) is 5.41. The zero-order valence-corrected chi connectivity index (χ0v) is 11.4. The summed E-state index contributed by atoms with van der Waals surface area (Å²) in [5.74, 6) is -0.242. The van der Waals surface area contributed by atoms with Gasteiger partial charge in [-0.3, -0.25) is 4.79 Å². The predicted octanol–water partition coefficient (Wildman–Crippen LogP) is 2.93. The van der Waals surface area contributed by atoms with Gasteiger partial charge in [0.05, 0.1) is 17.0 Å². The number of hydrogen-bond donors (Lipinski definition) is 2. The minimum absolute atomic E-state index is 0.242. The van der Waals surface area contributed by atoms with Gasteiger partial charge in [0, 0.05) is 10.7 Å². The van der Waals surface area contributed by atoms with E-state index in [0.717, 1.165) is 15.9 Å². The third kappa shape index (κ3) is 2.87. The molecule has 18 heavy (non-hydrogen) atoms. The number of nitrogens with one attached hydrogen (secondary N) is 2. The lowest BCUT2D eigenvalue weighted by Crippen LogP contribution is -2.19. The van der Waals surface area contributed by atoms with Crippen molar-refractivity contribution in [3.63, 3.8) is 0 Å². The molecule has 0 atom stereocenters. The van der Waals surface area contributed by atoms with Crippen LogP contribution in [0.4, 0.5) is 0 Å². The highest BCUT2D eigenvalue weighted by Crippen LogP contribution is 2.15. The standard InChI is InChI=1S/C13H12BrN3O/c1-9(12-7-4-8-15-12)16-17-13(18)10-5-2-3-6-11(10)14/h2-8,15H,1H3,(H,17,18)/b16-9+. The maximum Gasteiger partial charge on any atom is 0.272 e. The molecule has 0 bridgehead atoms. The fraction of sp³-hybridized carbons (Fsp3) is 0.0769. The number of hydrazone groups is 1. The van der Waals surface area contributed by atoms with Crippen molar-refractivity contribution in [2.45, 2.75) is 6.92 Å². The molecule has 0 spiro atoms. The maximum atomic E-state index is 11.9. The quantitative estimate of drug-likeness (QED) is 0.665. The number of nitrogens with zero attached hydrogens (tertiary/aromatic N) is 1. The molecule has 0 radical (unpaired) electrons. The molecular weight excluding hydrogens is 294 g/mol. The maximum absolute atomic E-state index is 11.9. The van der Waals surface area contributed by atoms with E-state index in [9.17, 15) is 4.79 Å². The fourth-order valence-electron chi connectivity index (χ4n) is 1.46. The van der Waals surface area contributed by atoms with Gasteiger partial charge in [0.15, 0.2) is 0 Å². The predicted molar refractivity (Wildman–Crippen MR) is 74.6 cm³/mol. The second-order valence-corrected chi connectivity index (χ2v) is 4.56. The van der Waals surface area contributed by atoms with Crippen molar-refractivity contribution < 1.29 is 4.79 Å². The van der Waals surface area contributed by atoms with Gasteiger partial charge in [-0.25, -0.2) is 5.43 Å². The minimum Gasteiger partial charge on any atom is -0.360 e. The Kier molecular flexibility index (Phi) is 3.94. The Balaban J connectivity index is 2.09. The van der Waals surface area contributed by atoms with Crippen molar-refractivity contribution in [2.75, 3.05) is 0 Å². The largest absolute Gasteiger partial charge is 0.360 e. The third-order valence-electron chi connectivity index (χ3n) is 2.43. The molecule has 0 saturated carbocycles. The first kappa shape index (κ1) is 12.6. The van der Waals surface area contributed by atoms with Crippen LogP contribution in [0, 0.1) is 0 Å². The Morgan fingerprint density at radius 2 is 2.06 bits per heavy atom. The lowest BCUT2D eigenvalue weighted by atomic mass is 10.2. The lowest BCUT2D eigenvalue weighted by Gasteiger charge is -2.03. The van der Waals surface area contributed by atoms with E-state index in [1.165, 1.54) is 0 Å². The Hall–Kier alpha value is -1.88. The zero-order chi connectivity index (χ0) is 13.0. The van der Waals surface area contributed by atoms with E-state index in [4.69, 9.17) is 0 Å². The van der Waals surface area contributed by atoms with Crippen LogP contribution < -0.4 is 5.43 Å².